The average molecular weight is 484 g/mol. The number of hydrogen-bond donors (Lipinski definition) is 1. The van der Waals surface area contributed by atoms with Crippen molar-refractivity contribution in [2.45, 2.75) is 45.1 Å². The Hall–Kier alpha value is -3.53. The van der Waals surface area contributed by atoms with Gasteiger partial charge in [-0.3, -0.25) is 14.5 Å². The fourth-order valence-electron chi connectivity index (χ4n) is 3.10. The van der Waals surface area contributed by atoms with E-state index in [0.29, 0.717) is 13.1 Å². The minimum absolute atomic E-state index is 0.0761. The van der Waals surface area contributed by atoms with Gasteiger partial charge in [0.25, 0.3) is 21.8 Å². The number of benzene rings is 1. The Kier molecular flexibility index (Phi) is 8.53. The first-order chi connectivity index (χ1) is 16.3. The van der Waals surface area contributed by atoms with Crippen molar-refractivity contribution in [1.82, 2.24) is 19.9 Å². The van der Waals surface area contributed by atoms with E-state index in [2.05, 4.69) is 26.6 Å². The molecule has 0 saturated heterocycles. The van der Waals surface area contributed by atoms with Crippen molar-refractivity contribution < 1.29 is 17.9 Å². The van der Waals surface area contributed by atoms with E-state index in [1.165, 1.54) is 18.3 Å². The van der Waals surface area contributed by atoms with Gasteiger partial charge in [-0.05, 0) is 38.5 Å². The van der Waals surface area contributed by atoms with Crippen molar-refractivity contribution in [2.75, 3.05) is 17.8 Å². The van der Waals surface area contributed by atoms with Crippen LogP contribution in [0.1, 0.15) is 48.3 Å². The van der Waals surface area contributed by atoms with Gasteiger partial charge in [0.15, 0.2) is 5.69 Å². The van der Waals surface area contributed by atoms with Crippen LogP contribution in [0.5, 0.6) is 5.88 Å². The van der Waals surface area contributed by atoms with Gasteiger partial charge in [-0.25, -0.2) is 18.4 Å². The van der Waals surface area contributed by atoms with Crippen LogP contribution in [0, 0.1) is 6.92 Å². The highest BCUT2D eigenvalue weighted by Gasteiger charge is 2.22. The van der Waals surface area contributed by atoms with E-state index < -0.39 is 10.0 Å². The Morgan fingerprint density at radius 3 is 2.53 bits per heavy atom. The zero-order valence-corrected chi connectivity index (χ0v) is 20.4. The number of rotatable bonds is 11. The lowest BCUT2D eigenvalue weighted by Gasteiger charge is -2.20. The Morgan fingerprint density at radius 1 is 1.12 bits per heavy atom. The number of aromatic nitrogens is 3. The molecule has 10 heteroatoms. The maximum absolute atomic E-state index is 13.0. The molecule has 0 radical (unpaired) electrons. The second kappa shape index (κ2) is 11.6. The van der Waals surface area contributed by atoms with Crippen molar-refractivity contribution in [3.8, 4) is 5.88 Å². The third-order valence-electron chi connectivity index (χ3n) is 5.07. The normalized spacial score (nSPS) is 11.1. The summed E-state index contributed by atoms with van der Waals surface area (Å²) in [5.74, 6) is -0.475. The fourth-order valence-corrected chi connectivity index (χ4v) is 4.11. The summed E-state index contributed by atoms with van der Waals surface area (Å²) in [7, 11) is -3.94. The molecule has 2 aromatic heterocycles. The highest BCUT2D eigenvalue weighted by Crippen LogP contribution is 2.24. The van der Waals surface area contributed by atoms with Crippen molar-refractivity contribution in [2.24, 2.45) is 0 Å². The first-order valence-corrected chi connectivity index (χ1v) is 12.6. The second-order valence-electron chi connectivity index (χ2n) is 7.72. The van der Waals surface area contributed by atoms with Gasteiger partial charge in [0, 0.05) is 31.0 Å². The zero-order valence-electron chi connectivity index (χ0n) is 19.6. The van der Waals surface area contributed by atoms with E-state index in [1.54, 1.807) is 35.5 Å². The van der Waals surface area contributed by atoms with Gasteiger partial charge in [0.05, 0.1) is 11.1 Å². The van der Waals surface area contributed by atoms with Gasteiger partial charge in [-0.15, -0.1) is 0 Å². The van der Waals surface area contributed by atoms with E-state index in [-0.39, 0.29) is 34.8 Å². The molecule has 0 aliphatic heterocycles. The van der Waals surface area contributed by atoms with Crippen molar-refractivity contribution in [1.29, 1.82) is 0 Å². The van der Waals surface area contributed by atoms with E-state index in [9.17, 15) is 13.2 Å². The molecule has 1 aromatic carbocycles. The average Bonchev–Trinajstić information content (AvgIpc) is 2.84. The minimum Gasteiger partial charge on any atom is -0.470 e. The number of pyridine rings is 1. The summed E-state index contributed by atoms with van der Waals surface area (Å²) in [5.41, 5.74) is 1.77. The molecule has 1 N–H and O–H groups in total. The third-order valence-corrected chi connectivity index (χ3v) is 6.43. The summed E-state index contributed by atoms with van der Waals surface area (Å²) >= 11 is 0. The fraction of sp³-hybridized carbons (Fsp3) is 0.333. The number of nitrogens with zero attached hydrogens (tertiary/aromatic N) is 4. The van der Waals surface area contributed by atoms with Gasteiger partial charge >= 0.3 is 0 Å². The molecule has 0 aliphatic carbocycles. The summed E-state index contributed by atoms with van der Waals surface area (Å²) in [6.45, 7) is 7.01. The molecule has 0 aliphatic rings. The van der Waals surface area contributed by atoms with Crippen LogP contribution >= 0.6 is 0 Å². The highest BCUT2D eigenvalue weighted by molar-refractivity contribution is 7.92. The second-order valence-corrected chi connectivity index (χ2v) is 9.40. The quantitative estimate of drug-likeness (QED) is 0.441. The smallest absolute Gasteiger partial charge is 0.274 e. The molecule has 3 aromatic rings. The topological polar surface area (TPSA) is 114 Å². The number of carbonyl (C=O) groups is 1. The van der Waals surface area contributed by atoms with Crippen molar-refractivity contribution >= 4 is 21.7 Å². The third kappa shape index (κ3) is 6.50. The molecule has 1 amide bonds. The molecule has 0 saturated carbocycles. The zero-order chi connectivity index (χ0) is 24.6. The van der Waals surface area contributed by atoms with Crippen LogP contribution in [0.3, 0.4) is 0 Å². The van der Waals surface area contributed by atoms with E-state index >= 15 is 0 Å². The largest absolute Gasteiger partial charge is 0.470 e. The Bertz CT molecular complexity index is 1200. The van der Waals surface area contributed by atoms with E-state index in [1.807, 2.05) is 19.9 Å². The molecular formula is C24H29N5O4S. The Balaban J connectivity index is 1.92. The number of sulfonamides is 1. The van der Waals surface area contributed by atoms with Crippen molar-refractivity contribution in [3.05, 3.63) is 71.8 Å². The van der Waals surface area contributed by atoms with Crippen LogP contribution in [0.4, 0.5) is 5.82 Å². The number of amides is 1. The number of hydrogen-bond acceptors (Lipinski definition) is 7. The van der Waals surface area contributed by atoms with E-state index in [0.717, 1.165) is 24.0 Å². The standard InChI is InChI=1S/C24H29N5O4S/c1-4-6-14-29(5-2)24(30)21-16-26-22(23(27-21)33-17-19-8-7-13-25-15-19)28-34(31,32)20-11-9-18(3)10-12-20/h7-13,15-16H,4-6,14,17H2,1-3H3,(H,26,28). The van der Waals surface area contributed by atoms with Gasteiger partial charge in [0.2, 0.25) is 5.82 Å². The summed E-state index contributed by atoms with van der Waals surface area (Å²) in [6, 6.07) is 10.0. The SMILES string of the molecule is CCCCN(CC)C(=O)c1cnc(NS(=O)(=O)c2ccc(C)cc2)c(OCc2cccnc2)n1. The predicted molar refractivity (Wildman–Crippen MR) is 129 cm³/mol. The van der Waals surface area contributed by atoms with Crippen LogP contribution in [-0.2, 0) is 16.6 Å². The molecule has 0 fully saturated rings. The molecule has 0 unspecified atom stereocenters. The lowest BCUT2D eigenvalue weighted by molar-refractivity contribution is 0.0754. The molecule has 9 nitrogen and oxygen atoms in total. The number of carbonyl (C=O) groups excluding carboxylic acids is 1. The molecule has 0 spiro atoms. The molecule has 3 rings (SSSR count). The predicted octanol–water partition coefficient (Wildman–Crippen LogP) is 3.82. The van der Waals surface area contributed by atoms with Gasteiger partial charge < -0.3 is 9.64 Å². The van der Waals surface area contributed by atoms with Crippen molar-refractivity contribution in [3.63, 3.8) is 0 Å². The number of aryl methyl sites for hydroxylation is 1. The molecule has 0 bridgehead atoms. The van der Waals surface area contributed by atoms with Crippen LogP contribution in [-0.4, -0.2) is 47.3 Å². The minimum atomic E-state index is -3.94. The number of anilines is 1. The summed E-state index contributed by atoms with van der Waals surface area (Å²) in [6.07, 6.45) is 6.35. The first-order valence-electron chi connectivity index (χ1n) is 11.1. The lowest BCUT2D eigenvalue weighted by atomic mass is 10.2. The van der Waals surface area contributed by atoms with Gasteiger partial charge in [-0.2, -0.15) is 0 Å². The van der Waals surface area contributed by atoms with Crippen LogP contribution in [0.25, 0.3) is 0 Å². The molecule has 2 heterocycles. The Morgan fingerprint density at radius 2 is 1.88 bits per heavy atom. The molecule has 180 valence electrons. The maximum Gasteiger partial charge on any atom is 0.274 e. The van der Waals surface area contributed by atoms with Crippen LogP contribution < -0.4 is 9.46 Å². The maximum atomic E-state index is 13.0. The van der Waals surface area contributed by atoms with Crippen LogP contribution in [0.2, 0.25) is 0 Å². The highest BCUT2D eigenvalue weighted by atomic mass is 32.2. The number of unbranched alkanes of at least 4 members (excludes halogenated alkanes) is 1. The van der Waals surface area contributed by atoms with Gasteiger partial charge in [0.1, 0.15) is 6.61 Å². The molecule has 34 heavy (non-hydrogen) atoms. The molecular weight excluding hydrogens is 454 g/mol. The number of nitrogens with one attached hydrogen (secondary N) is 1. The summed E-state index contributed by atoms with van der Waals surface area (Å²) in [4.78, 5) is 27.3. The lowest BCUT2D eigenvalue weighted by Crippen LogP contribution is -2.32. The molecule has 0 atom stereocenters. The number of ether oxygens (including phenoxy) is 1. The monoisotopic (exact) mass is 483 g/mol. The van der Waals surface area contributed by atoms with Gasteiger partial charge in [-0.1, -0.05) is 37.1 Å². The van der Waals surface area contributed by atoms with Crippen LogP contribution in [0.15, 0.2) is 59.9 Å². The summed E-state index contributed by atoms with van der Waals surface area (Å²) < 4.78 is 34.1. The summed E-state index contributed by atoms with van der Waals surface area (Å²) in [5, 5.41) is 0. The Labute approximate surface area is 200 Å². The van der Waals surface area contributed by atoms with E-state index in [4.69, 9.17) is 4.74 Å². The first kappa shape index (κ1) is 25.1.